The summed E-state index contributed by atoms with van der Waals surface area (Å²) in [6.45, 7) is 0.627. The van der Waals surface area contributed by atoms with Crippen molar-refractivity contribution in [2.45, 2.75) is 25.8 Å². The fraction of sp³-hybridized carbons (Fsp3) is 0.294. The number of aryl methyl sites for hydroxylation is 1. The van der Waals surface area contributed by atoms with Gasteiger partial charge in [0.05, 0.1) is 6.54 Å². The predicted octanol–water partition coefficient (Wildman–Crippen LogP) is 2.65. The molecule has 0 aromatic carbocycles. The summed E-state index contributed by atoms with van der Waals surface area (Å²) in [6.07, 6.45) is 8.41. The summed E-state index contributed by atoms with van der Waals surface area (Å²) in [7, 11) is 2.02. The molecule has 0 radical (unpaired) electrons. The standard InChI is InChI=1S/C17H17N5O/c1-22(17-14-3-2-4-15(14)19-11-20-17)10-13-9-16(21-23-13)12-5-7-18-8-6-12/h5-9,11H,2-4,10H2,1H3. The third-order valence-electron chi connectivity index (χ3n) is 4.14. The molecule has 116 valence electrons. The Morgan fingerprint density at radius 3 is 2.91 bits per heavy atom. The van der Waals surface area contributed by atoms with E-state index < -0.39 is 0 Å². The lowest BCUT2D eigenvalue weighted by Gasteiger charge is -2.18. The lowest BCUT2D eigenvalue weighted by Crippen LogP contribution is -2.19. The lowest BCUT2D eigenvalue weighted by atomic mass is 10.2. The van der Waals surface area contributed by atoms with Crippen LogP contribution in [-0.4, -0.2) is 27.2 Å². The van der Waals surface area contributed by atoms with Gasteiger partial charge in [-0.25, -0.2) is 9.97 Å². The van der Waals surface area contributed by atoms with Gasteiger partial charge in [-0.2, -0.15) is 0 Å². The Balaban J connectivity index is 1.55. The molecule has 4 rings (SSSR count). The van der Waals surface area contributed by atoms with E-state index in [0.29, 0.717) is 6.54 Å². The smallest absolute Gasteiger partial charge is 0.156 e. The summed E-state index contributed by atoms with van der Waals surface area (Å²) in [4.78, 5) is 14.9. The predicted molar refractivity (Wildman–Crippen MR) is 85.9 cm³/mol. The van der Waals surface area contributed by atoms with Crippen molar-refractivity contribution in [3.63, 3.8) is 0 Å². The van der Waals surface area contributed by atoms with E-state index in [-0.39, 0.29) is 0 Å². The van der Waals surface area contributed by atoms with Crippen LogP contribution in [0.15, 0.2) is 41.4 Å². The molecule has 0 N–H and O–H groups in total. The Hall–Kier alpha value is -2.76. The van der Waals surface area contributed by atoms with Crippen molar-refractivity contribution in [1.82, 2.24) is 20.1 Å². The number of hydrogen-bond donors (Lipinski definition) is 0. The maximum atomic E-state index is 5.48. The van der Waals surface area contributed by atoms with Crippen LogP contribution in [0.1, 0.15) is 23.4 Å². The highest BCUT2D eigenvalue weighted by Crippen LogP contribution is 2.28. The molecule has 6 nitrogen and oxygen atoms in total. The first-order valence-electron chi connectivity index (χ1n) is 7.71. The molecule has 0 atom stereocenters. The molecule has 1 aliphatic carbocycles. The van der Waals surface area contributed by atoms with Gasteiger partial charge in [-0.15, -0.1) is 0 Å². The zero-order valence-electron chi connectivity index (χ0n) is 12.9. The highest BCUT2D eigenvalue weighted by atomic mass is 16.5. The molecule has 3 heterocycles. The molecule has 0 bridgehead atoms. The van der Waals surface area contributed by atoms with E-state index in [1.54, 1.807) is 18.7 Å². The summed E-state index contributed by atoms with van der Waals surface area (Å²) in [5.74, 6) is 1.80. The highest BCUT2D eigenvalue weighted by Gasteiger charge is 2.20. The van der Waals surface area contributed by atoms with Crippen LogP contribution >= 0.6 is 0 Å². The average Bonchev–Trinajstić information content (AvgIpc) is 3.24. The second kappa shape index (κ2) is 5.79. The van der Waals surface area contributed by atoms with Crippen LogP contribution in [0.3, 0.4) is 0 Å². The van der Waals surface area contributed by atoms with Gasteiger partial charge in [0.2, 0.25) is 0 Å². The van der Waals surface area contributed by atoms with Gasteiger partial charge >= 0.3 is 0 Å². The molecule has 0 unspecified atom stereocenters. The molecule has 0 fully saturated rings. The number of rotatable bonds is 4. The quantitative estimate of drug-likeness (QED) is 0.738. The summed E-state index contributed by atoms with van der Waals surface area (Å²) in [5, 5.41) is 4.14. The second-order valence-electron chi connectivity index (χ2n) is 5.75. The van der Waals surface area contributed by atoms with E-state index in [1.165, 1.54) is 11.3 Å². The largest absolute Gasteiger partial charge is 0.359 e. The average molecular weight is 307 g/mol. The summed E-state index contributed by atoms with van der Waals surface area (Å²) >= 11 is 0. The minimum absolute atomic E-state index is 0.627. The third kappa shape index (κ3) is 2.67. The molecule has 0 aliphatic heterocycles. The van der Waals surface area contributed by atoms with Crippen LogP contribution in [0.2, 0.25) is 0 Å². The molecule has 6 heteroatoms. The Morgan fingerprint density at radius 1 is 1.17 bits per heavy atom. The maximum absolute atomic E-state index is 5.48. The van der Waals surface area contributed by atoms with Gasteiger partial charge in [0.1, 0.15) is 17.8 Å². The molecule has 1 aliphatic rings. The molecular weight excluding hydrogens is 290 g/mol. The van der Waals surface area contributed by atoms with Gasteiger partial charge in [-0.3, -0.25) is 4.98 Å². The Labute approximate surface area is 134 Å². The van der Waals surface area contributed by atoms with Crippen molar-refractivity contribution in [1.29, 1.82) is 0 Å². The van der Waals surface area contributed by atoms with Crippen molar-refractivity contribution in [3.8, 4) is 11.3 Å². The van der Waals surface area contributed by atoms with Crippen LogP contribution in [0.5, 0.6) is 0 Å². The molecule has 0 saturated carbocycles. The number of anilines is 1. The topological polar surface area (TPSA) is 67.9 Å². The van der Waals surface area contributed by atoms with Gasteiger partial charge in [0.25, 0.3) is 0 Å². The number of fused-ring (bicyclic) bond motifs is 1. The van der Waals surface area contributed by atoms with Crippen LogP contribution in [0.25, 0.3) is 11.3 Å². The van der Waals surface area contributed by atoms with Crippen LogP contribution in [0, 0.1) is 0 Å². The molecular formula is C17H17N5O. The second-order valence-corrected chi connectivity index (χ2v) is 5.75. The van der Waals surface area contributed by atoms with Crippen molar-refractivity contribution >= 4 is 5.82 Å². The minimum atomic E-state index is 0.627. The fourth-order valence-electron chi connectivity index (χ4n) is 3.03. The number of aromatic nitrogens is 4. The number of pyridine rings is 1. The van der Waals surface area contributed by atoms with E-state index in [9.17, 15) is 0 Å². The SMILES string of the molecule is CN(Cc1cc(-c2ccncc2)no1)c1ncnc2c1CCC2. The van der Waals surface area contributed by atoms with Crippen molar-refractivity contribution < 1.29 is 4.52 Å². The Kier molecular flexibility index (Phi) is 3.49. The summed E-state index contributed by atoms with van der Waals surface area (Å²) < 4.78 is 5.48. The minimum Gasteiger partial charge on any atom is -0.359 e. The zero-order valence-corrected chi connectivity index (χ0v) is 12.9. The molecule has 0 spiro atoms. The van der Waals surface area contributed by atoms with Crippen LogP contribution in [-0.2, 0) is 19.4 Å². The molecule has 0 saturated heterocycles. The van der Waals surface area contributed by atoms with E-state index >= 15 is 0 Å². The highest BCUT2D eigenvalue weighted by molar-refractivity contribution is 5.58. The Morgan fingerprint density at radius 2 is 2.04 bits per heavy atom. The van der Waals surface area contributed by atoms with Gasteiger partial charge in [0.15, 0.2) is 5.76 Å². The number of hydrogen-bond acceptors (Lipinski definition) is 6. The van der Waals surface area contributed by atoms with Gasteiger partial charge < -0.3 is 9.42 Å². The molecule has 3 aromatic heterocycles. The van der Waals surface area contributed by atoms with E-state index in [0.717, 1.165) is 42.1 Å². The van der Waals surface area contributed by atoms with Crippen LogP contribution in [0.4, 0.5) is 5.82 Å². The van der Waals surface area contributed by atoms with Gasteiger partial charge in [-0.1, -0.05) is 5.16 Å². The summed E-state index contributed by atoms with van der Waals surface area (Å²) in [5.41, 5.74) is 4.27. The summed E-state index contributed by atoms with van der Waals surface area (Å²) in [6, 6.07) is 5.80. The van der Waals surface area contributed by atoms with Gasteiger partial charge in [-0.05, 0) is 31.4 Å². The van der Waals surface area contributed by atoms with Gasteiger partial charge in [0, 0.05) is 42.3 Å². The zero-order chi connectivity index (χ0) is 15.6. The van der Waals surface area contributed by atoms with Crippen molar-refractivity contribution in [2.24, 2.45) is 0 Å². The molecule has 3 aromatic rings. The molecule has 0 amide bonds. The monoisotopic (exact) mass is 307 g/mol. The van der Waals surface area contributed by atoms with E-state index in [1.807, 2.05) is 25.2 Å². The first-order chi connectivity index (χ1) is 11.3. The normalized spacial score (nSPS) is 13.1. The third-order valence-corrected chi connectivity index (χ3v) is 4.14. The van der Waals surface area contributed by atoms with Crippen molar-refractivity contribution in [3.05, 3.63) is 53.9 Å². The molecule has 23 heavy (non-hydrogen) atoms. The fourth-order valence-corrected chi connectivity index (χ4v) is 3.03. The number of nitrogens with zero attached hydrogens (tertiary/aromatic N) is 5. The van der Waals surface area contributed by atoms with E-state index in [4.69, 9.17) is 4.52 Å². The first-order valence-corrected chi connectivity index (χ1v) is 7.71. The lowest BCUT2D eigenvalue weighted by molar-refractivity contribution is 0.384. The maximum Gasteiger partial charge on any atom is 0.156 e. The van der Waals surface area contributed by atoms with Crippen LogP contribution < -0.4 is 4.90 Å². The first kappa shape index (κ1) is 13.9. The van der Waals surface area contributed by atoms with E-state index in [2.05, 4.69) is 25.0 Å². The van der Waals surface area contributed by atoms with Crippen molar-refractivity contribution in [2.75, 3.05) is 11.9 Å². The Bertz CT molecular complexity index is 815.